The molecule has 0 amide bonds. The van der Waals surface area contributed by atoms with Crippen molar-refractivity contribution in [3.8, 4) is 0 Å². The molecule has 0 aliphatic rings. The average molecular weight is 667 g/mol. The molecule has 0 aliphatic carbocycles. The predicted molar refractivity (Wildman–Crippen MR) is 147 cm³/mol. The van der Waals surface area contributed by atoms with Crippen LogP contribution in [0.5, 0.6) is 0 Å². The fourth-order valence-corrected chi connectivity index (χ4v) is 4.23. The number of carboxylic acids is 2. The van der Waals surface area contributed by atoms with Crippen LogP contribution in [0.25, 0.3) is 0 Å². The fourth-order valence-electron chi connectivity index (χ4n) is 4.23. The first-order valence-corrected chi connectivity index (χ1v) is 15.0. The summed E-state index contributed by atoms with van der Waals surface area (Å²) in [4.78, 5) is 20.5. The van der Waals surface area contributed by atoms with Gasteiger partial charge in [-0.25, -0.2) is 0 Å². The maximum Gasteiger partial charge on any atom is 0.303 e. The molecule has 0 aliphatic heterocycles. The summed E-state index contributed by atoms with van der Waals surface area (Å²) in [5, 5.41) is 16.9. The standard InChI is InChI=1S/C18H36O2.C12H24O2.2Zr/c1-2-3-4-5-6-7-8-9-10-11-12-13-14-15-16-17-18(19)20;1-2-3-4-5-6-7-8-9-10-11-12(13)14;;/h2-17H2,1H3,(H,19,20);2-11H2,1H3,(H,13,14);;. The van der Waals surface area contributed by atoms with Crippen LogP contribution < -0.4 is 0 Å². The number of hydrogen-bond acceptors (Lipinski definition) is 2. The Bertz CT molecular complexity index is 420. The third kappa shape index (κ3) is 47.8. The van der Waals surface area contributed by atoms with Crippen LogP contribution in [0.3, 0.4) is 0 Å². The van der Waals surface area contributed by atoms with Gasteiger partial charge < -0.3 is 10.2 Å². The molecule has 2 N–H and O–H groups in total. The Hall–Kier alpha value is 0.706. The third-order valence-electron chi connectivity index (χ3n) is 6.49. The Morgan fingerprint density at radius 3 is 0.694 bits per heavy atom. The zero-order chi connectivity index (χ0) is 25.5. The number of carbonyl (C=O) groups is 2. The molecule has 6 heteroatoms. The fraction of sp³-hybridized carbons (Fsp3) is 0.933. The van der Waals surface area contributed by atoms with E-state index in [1.807, 2.05) is 0 Å². The van der Waals surface area contributed by atoms with E-state index in [0.29, 0.717) is 12.8 Å². The molecule has 0 radical (unpaired) electrons. The van der Waals surface area contributed by atoms with E-state index < -0.39 is 11.9 Å². The Labute approximate surface area is 263 Å². The Morgan fingerprint density at radius 2 is 0.528 bits per heavy atom. The second kappa shape index (κ2) is 40.2. The first-order chi connectivity index (χ1) is 16.5. The van der Waals surface area contributed by atoms with Crippen molar-refractivity contribution >= 4 is 11.9 Å². The van der Waals surface area contributed by atoms with Gasteiger partial charge in [-0.15, -0.1) is 0 Å². The molecular weight excluding hydrogens is 607 g/mol. The second-order valence-corrected chi connectivity index (χ2v) is 10.1. The third-order valence-corrected chi connectivity index (χ3v) is 6.49. The summed E-state index contributed by atoms with van der Waals surface area (Å²) >= 11 is 0. The Morgan fingerprint density at radius 1 is 0.361 bits per heavy atom. The minimum absolute atomic E-state index is 0. The molecule has 0 unspecified atom stereocenters. The first kappa shape index (κ1) is 43.7. The van der Waals surface area contributed by atoms with Crippen LogP contribution in [-0.2, 0) is 62.0 Å². The molecule has 0 rings (SSSR count). The van der Waals surface area contributed by atoms with Crippen LogP contribution in [0, 0.1) is 0 Å². The summed E-state index contributed by atoms with van der Waals surface area (Å²) < 4.78 is 0. The molecule has 0 aromatic rings. The van der Waals surface area contributed by atoms with Crippen molar-refractivity contribution in [3.63, 3.8) is 0 Å². The number of rotatable bonds is 26. The number of carboxylic acid groups (broad SMARTS) is 2. The van der Waals surface area contributed by atoms with Crippen molar-refractivity contribution in [2.24, 2.45) is 0 Å². The summed E-state index contributed by atoms with van der Waals surface area (Å²) in [6.45, 7) is 4.50. The van der Waals surface area contributed by atoms with Gasteiger partial charge in [0.2, 0.25) is 0 Å². The van der Waals surface area contributed by atoms with Crippen molar-refractivity contribution in [1.29, 1.82) is 0 Å². The van der Waals surface area contributed by atoms with Gasteiger partial charge in [-0.05, 0) is 12.8 Å². The van der Waals surface area contributed by atoms with Crippen LogP contribution in [0.1, 0.15) is 181 Å². The average Bonchev–Trinajstić information content (AvgIpc) is 2.80. The van der Waals surface area contributed by atoms with Gasteiger partial charge in [-0.2, -0.15) is 0 Å². The summed E-state index contributed by atoms with van der Waals surface area (Å²) in [5.41, 5.74) is 0. The minimum Gasteiger partial charge on any atom is -0.481 e. The van der Waals surface area contributed by atoms with Gasteiger partial charge in [0, 0.05) is 65.2 Å². The predicted octanol–water partition coefficient (Wildman–Crippen LogP) is 10.3. The molecule has 0 fully saturated rings. The zero-order valence-corrected chi connectivity index (χ0v) is 29.0. The number of aliphatic carboxylic acids is 2. The molecule has 0 saturated heterocycles. The van der Waals surface area contributed by atoms with E-state index in [1.165, 1.54) is 128 Å². The number of hydrogen-bond donors (Lipinski definition) is 2. The van der Waals surface area contributed by atoms with Crippen LogP contribution in [-0.4, -0.2) is 22.2 Å². The van der Waals surface area contributed by atoms with Gasteiger partial charge in [0.05, 0.1) is 0 Å². The van der Waals surface area contributed by atoms with E-state index >= 15 is 0 Å². The quantitative estimate of drug-likeness (QED) is 0.0901. The molecule has 212 valence electrons. The summed E-state index contributed by atoms with van der Waals surface area (Å²) in [6, 6.07) is 0. The SMILES string of the molecule is CCCCCCCCCCCC(=O)O.CCCCCCCCCCCCCCCCCC(=O)O.[Zr].[Zr]. The molecule has 36 heavy (non-hydrogen) atoms. The van der Waals surface area contributed by atoms with Gasteiger partial charge in [-0.3, -0.25) is 9.59 Å². The van der Waals surface area contributed by atoms with E-state index in [1.54, 1.807) is 0 Å². The van der Waals surface area contributed by atoms with Crippen LogP contribution >= 0.6 is 0 Å². The van der Waals surface area contributed by atoms with Crippen molar-refractivity contribution in [1.82, 2.24) is 0 Å². The molecule has 0 saturated carbocycles. The van der Waals surface area contributed by atoms with Crippen LogP contribution in [0.4, 0.5) is 0 Å². The van der Waals surface area contributed by atoms with Crippen molar-refractivity contribution in [3.05, 3.63) is 0 Å². The molecule has 0 aromatic heterocycles. The molecule has 0 atom stereocenters. The first-order valence-electron chi connectivity index (χ1n) is 15.0. The van der Waals surface area contributed by atoms with Gasteiger partial charge in [0.1, 0.15) is 0 Å². The number of unbranched alkanes of at least 4 members (excludes halogenated alkanes) is 22. The maximum atomic E-state index is 10.3. The van der Waals surface area contributed by atoms with Crippen molar-refractivity contribution in [2.45, 2.75) is 181 Å². The van der Waals surface area contributed by atoms with E-state index in [9.17, 15) is 9.59 Å². The minimum atomic E-state index is -0.659. The molecule has 0 spiro atoms. The summed E-state index contributed by atoms with van der Waals surface area (Å²) in [7, 11) is 0. The summed E-state index contributed by atoms with van der Waals surface area (Å²) in [6.07, 6.45) is 31.7. The molecule has 0 bridgehead atoms. The van der Waals surface area contributed by atoms with Gasteiger partial charge in [0.25, 0.3) is 0 Å². The normalized spacial score (nSPS) is 10.1. The van der Waals surface area contributed by atoms with E-state index in [0.717, 1.165) is 25.7 Å². The van der Waals surface area contributed by atoms with Crippen LogP contribution in [0.15, 0.2) is 0 Å². The van der Waals surface area contributed by atoms with E-state index in [2.05, 4.69) is 13.8 Å². The second-order valence-electron chi connectivity index (χ2n) is 10.1. The van der Waals surface area contributed by atoms with Crippen molar-refractivity contribution in [2.75, 3.05) is 0 Å². The van der Waals surface area contributed by atoms with E-state index in [-0.39, 0.29) is 52.4 Å². The molecular formula is C30H60O4Zr2. The zero-order valence-electron chi connectivity index (χ0n) is 24.1. The Balaban J connectivity index is -0.000000285. The van der Waals surface area contributed by atoms with Gasteiger partial charge >= 0.3 is 11.9 Å². The maximum absolute atomic E-state index is 10.3. The summed E-state index contributed by atoms with van der Waals surface area (Å²) in [5.74, 6) is -1.31. The monoisotopic (exact) mass is 664 g/mol. The smallest absolute Gasteiger partial charge is 0.303 e. The largest absolute Gasteiger partial charge is 0.481 e. The topological polar surface area (TPSA) is 74.6 Å². The van der Waals surface area contributed by atoms with Crippen LogP contribution in [0.2, 0.25) is 0 Å². The molecule has 0 aromatic carbocycles. The van der Waals surface area contributed by atoms with E-state index in [4.69, 9.17) is 10.2 Å². The molecule has 0 heterocycles. The molecule has 4 nitrogen and oxygen atoms in total. The Kier molecular flexibility index (Phi) is 48.9. The van der Waals surface area contributed by atoms with Gasteiger partial charge in [-0.1, -0.05) is 155 Å². The van der Waals surface area contributed by atoms with Gasteiger partial charge in [0.15, 0.2) is 0 Å². The van der Waals surface area contributed by atoms with Crippen molar-refractivity contribution < 1.29 is 72.2 Å².